The summed E-state index contributed by atoms with van der Waals surface area (Å²) in [5.74, 6) is 0. The van der Waals surface area contributed by atoms with Gasteiger partial charge in [0.15, 0.2) is 0 Å². The summed E-state index contributed by atoms with van der Waals surface area (Å²) in [6, 6.07) is 0. The highest BCUT2D eigenvalue weighted by Crippen LogP contribution is 1.97. The van der Waals surface area contributed by atoms with Gasteiger partial charge in [-0.15, -0.1) is 0 Å². The quantitative estimate of drug-likeness (QED) is 0.0644. The average molecular weight is 1040 g/mol. The molecule has 0 saturated heterocycles. The molecule has 24 nitrogen and oxygen atoms in total. The van der Waals surface area contributed by atoms with Crippen molar-refractivity contribution in [3.05, 3.63) is 0 Å². The van der Waals surface area contributed by atoms with Crippen molar-refractivity contribution in [2.75, 3.05) is 284 Å². The third-order valence-electron chi connectivity index (χ3n) is 8.70. The van der Waals surface area contributed by atoms with E-state index in [2.05, 4.69) is 6.92 Å². The highest BCUT2D eigenvalue weighted by Gasteiger charge is 2.16. The predicted octanol–water partition coefficient (Wildman–Crippen LogP) is -0.575. The van der Waals surface area contributed by atoms with Crippen LogP contribution in [-0.2, 0) is 99.5 Å². The Labute approximate surface area is 424 Å². The molecule has 71 heavy (non-hydrogen) atoms. The van der Waals surface area contributed by atoms with Gasteiger partial charge in [-0.05, 0) is 6.42 Å². The predicted molar refractivity (Wildman–Crippen MR) is 259 cm³/mol. The van der Waals surface area contributed by atoms with Gasteiger partial charge in [0, 0.05) is 13.2 Å². The van der Waals surface area contributed by atoms with Gasteiger partial charge < -0.3 is 115 Å². The van der Waals surface area contributed by atoms with Crippen molar-refractivity contribution in [2.24, 2.45) is 5.73 Å². The molecule has 0 spiro atoms. The number of rotatable bonds is 66. The Bertz CT molecular complexity index is 945. The van der Waals surface area contributed by atoms with Crippen LogP contribution in [0.3, 0.4) is 0 Å². The maximum absolute atomic E-state index is 10.0. The van der Waals surface area contributed by atoms with Crippen LogP contribution in [0, 0.1) is 0 Å². The number of hydrogen-bond acceptors (Lipinski definition) is 24. The molecule has 0 aliphatic heterocycles. The minimum atomic E-state index is -1.07. The zero-order valence-corrected chi connectivity index (χ0v) is 43.3. The topological polar surface area (TPSA) is 260 Å². The van der Waals surface area contributed by atoms with E-state index >= 15 is 0 Å². The third kappa shape index (κ3) is 63.3. The van der Waals surface area contributed by atoms with Crippen molar-refractivity contribution >= 4 is 0 Å². The van der Waals surface area contributed by atoms with Crippen LogP contribution < -0.4 is 5.73 Å². The van der Waals surface area contributed by atoms with E-state index in [0.717, 1.165) is 13.0 Å². The molecule has 0 rings (SSSR count). The van der Waals surface area contributed by atoms with Crippen molar-refractivity contribution in [3.63, 3.8) is 0 Å². The van der Waals surface area contributed by atoms with E-state index in [-0.39, 0.29) is 19.8 Å². The molecule has 428 valence electrons. The molecule has 2 unspecified atom stereocenters. The molecule has 2 atom stereocenters. The van der Waals surface area contributed by atoms with Crippen LogP contribution in [0.5, 0.6) is 0 Å². The summed E-state index contributed by atoms with van der Waals surface area (Å²) < 4.78 is 114. The second-order valence-corrected chi connectivity index (χ2v) is 14.7. The first kappa shape index (κ1) is 70.0. The van der Waals surface area contributed by atoms with Crippen LogP contribution >= 0.6 is 0 Å². The minimum Gasteiger partial charge on any atom is -0.388 e. The highest BCUT2D eigenvalue weighted by atomic mass is 16.6. The van der Waals surface area contributed by atoms with E-state index in [0.29, 0.717) is 258 Å². The Morgan fingerprint density at radius 1 is 0.211 bits per heavy atom. The summed E-state index contributed by atoms with van der Waals surface area (Å²) >= 11 is 0. The number of hydrogen-bond donors (Lipinski definition) is 3. The molecule has 0 radical (unpaired) electrons. The molecule has 0 amide bonds. The normalized spacial score (nSPS) is 12.7. The van der Waals surface area contributed by atoms with Crippen LogP contribution in [0.15, 0.2) is 0 Å². The number of nitrogens with two attached hydrogens (primary N) is 1. The monoisotopic (exact) mass is 1040 g/mol. The van der Waals surface area contributed by atoms with E-state index in [1.54, 1.807) is 0 Å². The lowest BCUT2D eigenvalue weighted by Crippen LogP contribution is -2.35. The van der Waals surface area contributed by atoms with Gasteiger partial charge in [0.25, 0.3) is 0 Å². The van der Waals surface area contributed by atoms with Crippen molar-refractivity contribution in [1.29, 1.82) is 0 Å². The Balaban J connectivity index is 3.15. The van der Waals surface area contributed by atoms with Crippen molar-refractivity contribution in [1.82, 2.24) is 0 Å². The van der Waals surface area contributed by atoms with Gasteiger partial charge in [0.2, 0.25) is 0 Å². The standard InChI is InChI=1S/C47H97NO23/c1-2-4-51-6-8-53-36-38-68-40-42-70-44-46(49)47(50)45-71-43-41-69-39-37-67-35-34-66-33-32-65-31-30-64-29-28-63-27-26-62-25-24-61-23-22-60-21-20-59-19-18-58-17-16-57-15-14-56-13-12-55-11-10-54-9-7-52-5-3-48/h46-47,49-50H,2-45,48H2,1H3. The van der Waals surface area contributed by atoms with Gasteiger partial charge in [-0.3, -0.25) is 0 Å². The van der Waals surface area contributed by atoms with Crippen molar-refractivity contribution in [2.45, 2.75) is 25.6 Å². The zero-order chi connectivity index (χ0) is 51.1. The smallest absolute Gasteiger partial charge is 0.105 e. The second kappa shape index (κ2) is 65.2. The average Bonchev–Trinajstić information content (AvgIpc) is 3.38. The van der Waals surface area contributed by atoms with E-state index in [1.165, 1.54) is 0 Å². The molecule has 0 aromatic heterocycles. The summed E-state index contributed by atoms with van der Waals surface area (Å²) in [4.78, 5) is 0. The maximum Gasteiger partial charge on any atom is 0.105 e. The van der Waals surface area contributed by atoms with E-state index in [1.807, 2.05) is 0 Å². The lowest BCUT2D eigenvalue weighted by molar-refractivity contribution is -0.0827. The maximum atomic E-state index is 10.0. The zero-order valence-electron chi connectivity index (χ0n) is 43.3. The molecule has 4 N–H and O–H groups in total. The van der Waals surface area contributed by atoms with Crippen LogP contribution in [0.4, 0.5) is 0 Å². The molecule has 0 fully saturated rings. The lowest BCUT2D eigenvalue weighted by atomic mass is 10.2. The van der Waals surface area contributed by atoms with E-state index in [9.17, 15) is 10.2 Å². The number of aliphatic hydroxyl groups is 2. The van der Waals surface area contributed by atoms with Crippen LogP contribution in [0.2, 0.25) is 0 Å². The minimum absolute atomic E-state index is 0.0208. The van der Waals surface area contributed by atoms with E-state index in [4.69, 9.17) is 105 Å². The second-order valence-electron chi connectivity index (χ2n) is 14.7. The van der Waals surface area contributed by atoms with E-state index < -0.39 is 12.2 Å². The Hall–Kier alpha value is -0.960. The summed E-state index contributed by atoms with van der Waals surface area (Å²) in [7, 11) is 0. The van der Waals surface area contributed by atoms with Crippen molar-refractivity contribution < 1.29 is 110 Å². The molecule has 0 aromatic carbocycles. The van der Waals surface area contributed by atoms with Gasteiger partial charge >= 0.3 is 0 Å². The Morgan fingerprint density at radius 3 is 0.479 bits per heavy atom. The molecule has 0 aromatic rings. The van der Waals surface area contributed by atoms with Crippen LogP contribution in [0.25, 0.3) is 0 Å². The fourth-order valence-electron chi connectivity index (χ4n) is 5.04. The fraction of sp³-hybridized carbons (Fsp3) is 1.00. The first-order chi connectivity index (χ1) is 35.2. The largest absolute Gasteiger partial charge is 0.388 e. The van der Waals surface area contributed by atoms with Gasteiger partial charge in [-0.2, -0.15) is 0 Å². The SMILES string of the molecule is CCCOCCOCCOCCOCC(O)C(O)COCCOCCOCCOCCOCCOCCOCCOCCOCCOCCOCCOCCOCCOCCOCCOCCOCCN. The Kier molecular flexibility index (Phi) is 64.3. The molecule has 24 heteroatoms. The molecule has 0 heterocycles. The van der Waals surface area contributed by atoms with Gasteiger partial charge in [-0.1, -0.05) is 6.92 Å². The third-order valence-corrected chi connectivity index (χ3v) is 8.70. The Morgan fingerprint density at radius 2 is 0.338 bits per heavy atom. The lowest BCUT2D eigenvalue weighted by Gasteiger charge is -2.18. The van der Waals surface area contributed by atoms with Crippen LogP contribution in [-0.4, -0.2) is 306 Å². The molecule has 0 aliphatic rings. The molecule has 0 aliphatic carbocycles. The van der Waals surface area contributed by atoms with Gasteiger partial charge in [0.1, 0.15) is 12.2 Å². The first-order valence-corrected chi connectivity index (χ1v) is 25.4. The summed E-state index contributed by atoms with van der Waals surface area (Å²) in [5.41, 5.74) is 5.34. The highest BCUT2D eigenvalue weighted by molar-refractivity contribution is 4.65. The number of aliphatic hydroxyl groups excluding tert-OH is 2. The molecule has 0 saturated carbocycles. The van der Waals surface area contributed by atoms with Gasteiger partial charge in [-0.25, -0.2) is 0 Å². The summed E-state index contributed by atoms with van der Waals surface area (Å²) in [5, 5.41) is 20.0. The van der Waals surface area contributed by atoms with Crippen LogP contribution in [0.1, 0.15) is 13.3 Å². The summed E-state index contributed by atoms with van der Waals surface area (Å²) in [6.07, 6.45) is -1.14. The fourth-order valence-corrected chi connectivity index (χ4v) is 5.04. The molecular formula is C47H97NO23. The first-order valence-electron chi connectivity index (χ1n) is 25.4. The van der Waals surface area contributed by atoms with Gasteiger partial charge in [0.05, 0.1) is 271 Å². The molecular weight excluding hydrogens is 947 g/mol. The summed E-state index contributed by atoms with van der Waals surface area (Å²) in [6.45, 7) is 21.6. The number of ether oxygens (including phenoxy) is 21. The molecule has 0 bridgehead atoms. The van der Waals surface area contributed by atoms with Crippen molar-refractivity contribution in [3.8, 4) is 0 Å².